The van der Waals surface area contributed by atoms with Crippen molar-refractivity contribution in [2.45, 2.75) is 32.1 Å². The lowest BCUT2D eigenvalue weighted by Gasteiger charge is -2.03. The SMILES string of the molecule is O=C(/C=C/c1ccccc1)NNC(=O)c1cc2c(s1)CCCCC2. The van der Waals surface area contributed by atoms with E-state index in [2.05, 4.69) is 10.9 Å². The second-order valence-electron chi connectivity index (χ2n) is 5.81. The molecule has 0 aliphatic heterocycles. The molecule has 1 aliphatic rings. The van der Waals surface area contributed by atoms with Gasteiger partial charge in [0.2, 0.25) is 0 Å². The highest BCUT2D eigenvalue weighted by Gasteiger charge is 2.16. The number of fused-ring (bicyclic) bond motifs is 1. The zero-order valence-electron chi connectivity index (χ0n) is 13.4. The highest BCUT2D eigenvalue weighted by Crippen LogP contribution is 2.28. The zero-order valence-corrected chi connectivity index (χ0v) is 14.2. The zero-order chi connectivity index (χ0) is 16.8. The molecular formula is C19H20N2O2S. The Morgan fingerprint density at radius 1 is 1.00 bits per heavy atom. The minimum atomic E-state index is -0.356. The second-order valence-corrected chi connectivity index (χ2v) is 6.94. The van der Waals surface area contributed by atoms with Crippen LogP contribution in [0, 0.1) is 0 Å². The third-order valence-corrected chi connectivity index (χ3v) is 5.23. The van der Waals surface area contributed by atoms with E-state index in [9.17, 15) is 9.59 Å². The van der Waals surface area contributed by atoms with Crippen LogP contribution in [0.15, 0.2) is 42.5 Å². The fourth-order valence-corrected chi connectivity index (χ4v) is 3.89. The smallest absolute Gasteiger partial charge is 0.268 e. The summed E-state index contributed by atoms with van der Waals surface area (Å²) in [6, 6.07) is 11.5. The molecule has 0 spiro atoms. The van der Waals surface area contributed by atoms with Crippen molar-refractivity contribution in [1.29, 1.82) is 0 Å². The van der Waals surface area contributed by atoms with Gasteiger partial charge in [0, 0.05) is 11.0 Å². The maximum absolute atomic E-state index is 12.2. The molecule has 4 nitrogen and oxygen atoms in total. The molecule has 1 aromatic carbocycles. The van der Waals surface area contributed by atoms with Gasteiger partial charge in [-0.25, -0.2) is 0 Å². The summed E-state index contributed by atoms with van der Waals surface area (Å²) in [5.74, 6) is -0.611. The number of carbonyl (C=O) groups excluding carboxylic acids is 2. The van der Waals surface area contributed by atoms with Crippen LogP contribution in [0.2, 0.25) is 0 Å². The summed E-state index contributed by atoms with van der Waals surface area (Å²) in [5.41, 5.74) is 7.13. The minimum Gasteiger partial charge on any atom is -0.268 e. The van der Waals surface area contributed by atoms with Crippen molar-refractivity contribution in [2.75, 3.05) is 0 Å². The molecule has 5 heteroatoms. The summed E-state index contributed by atoms with van der Waals surface area (Å²) in [5, 5.41) is 0. The number of carbonyl (C=O) groups is 2. The molecule has 2 N–H and O–H groups in total. The van der Waals surface area contributed by atoms with E-state index in [0.717, 1.165) is 18.4 Å². The van der Waals surface area contributed by atoms with E-state index in [-0.39, 0.29) is 11.8 Å². The van der Waals surface area contributed by atoms with Crippen molar-refractivity contribution in [3.63, 3.8) is 0 Å². The van der Waals surface area contributed by atoms with Crippen molar-refractivity contribution in [2.24, 2.45) is 0 Å². The Morgan fingerprint density at radius 2 is 1.79 bits per heavy atom. The van der Waals surface area contributed by atoms with Crippen LogP contribution in [-0.2, 0) is 17.6 Å². The molecule has 2 aromatic rings. The summed E-state index contributed by atoms with van der Waals surface area (Å²) in [6.45, 7) is 0. The maximum atomic E-state index is 12.2. The van der Waals surface area contributed by atoms with E-state index in [4.69, 9.17) is 0 Å². The molecule has 124 valence electrons. The van der Waals surface area contributed by atoms with Gasteiger partial charge < -0.3 is 0 Å². The number of amides is 2. The lowest BCUT2D eigenvalue weighted by atomic mass is 10.1. The molecule has 0 atom stereocenters. The molecule has 24 heavy (non-hydrogen) atoms. The van der Waals surface area contributed by atoms with Gasteiger partial charge in [-0.05, 0) is 49.0 Å². The van der Waals surface area contributed by atoms with Gasteiger partial charge in [-0.1, -0.05) is 36.8 Å². The van der Waals surface area contributed by atoms with Crippen molar-refractivity contribution >= 4 is 29.2 Å². The fourth-order valence-electron chi connectivity index (χ4n) is 2.74. The van der Waals surface area contributed by atoms with Crippen LogP contribution >= 0.6 is 11.3 Å². The maximum Gasteiger partial charge on any atom is 0.279 e. The van der Waals surface area contributed by atoms with Gasteiger partial charge in [0.15, 0.2) is 0 Å². The van der Waals surface area contributed by atoms with Crippen LogP contribution < -0.4 is 10.9 Å². The molecule has 0 unspecified atom stereocenters. The monoisotopic (exact) mass is 340 g/mol. The molecular weight excluding hydrogens is 320 g/mol. The first-order valence-electron chi connectivity index (χ1n) is 8.17. The third kappa shape index (κ3) is 4.32. The summed E-state index contributed by atoms with van der Waals surface area (Å²) >= 11 is 1.54. The first kappa shape index (κ1) is 16.5. The molecule has 1 aliphatic carbocycles. The summed E-state index contributed by atoms with van der Waals surface area (Å²) < 4.78 is 0. The highest BCUT2D eigenvalue weighted by atomic mass is 32.1. The van der Waals surface area contributed by atoms with Crippen LogP contribution in [0.25, 0.3) is 6.08 Å². The molecule has 3 rings (SSSR count). The van der Waals surface area contributed by atoms with Gasteiger partial charge >= 0.3 is 0 Å². The average Bonchev–Trinajstić information content (AvgIpc) is 2.89. The van der Waals surface area contributed by atoms with Gasteiger partial charge in [-0.15, -0.1) is 11.3 Å². The summed E-state index contributed by atoms with van der Waals surface area (Å²) in [6.07, 6.45) is 8.84. The van der Waals surface area contributed by atoms with Gasteiger partial charge in [-0.3, -0.25) is 20.4 Å². The summed E-state index contributed by atoms with van der Waals surface area (Å²) in [4.78, 5) is 25.9. The van der Waals surface area contributed by atoms with E-state index in [1.165, 1.54) is 47.1 Å². The van der Waals surface area contributed by atoms with Crippen molar-refractivity contribution in [1.82, 2.24) is 10.9 Å². The summed E-state index contributed by atoms with van der Waals surface area (Å²) in [7, 11) is 0. The predicted octanol–water partition coefficient (Wildman–Crippen LogP) is 3.49. The van der Waals surface area contributed by atoms with Gasteiger partial charge in [0.05, 0.1) is 4.88 Å². The first-order chi connectivity index (χ1) is 11.7. The van der Waals surface area contributed by atoms with E-state index < -0.39 is 0 Å². The minimum absolute atomic E-state index is 0.255. The number of nitrogens with one attached hydrogen (secondary N) is 2. The first-order valence-corrected chi connectivity index (χ1v) is 8.99. The molecule has 1 heterocycles. The third-order valence-electron chi connectivity index (χ3n) is 4.00. The van der Waals surface area contributed by atoms with Crippen LogP contribution in [0.3, 0.4) is 0 Å². The number of benzene rings is 1. The van der Waals surface area contributed by atoms with Crippen LogP contribution in [0.1, 0.15) is 44.9 Å². The van der Waals surface area contributed by atoms with Gasteiger partial charge in [-0.2, -0.15) is 0 Å². The Labute approximate surface area is 145 Å². The van der Waals surface area contributed by atoms with Crippen LogP contribution in [-0.4, -0.2) is 11.8 Å². The number of hydrazine groups is 1. The molecule has 0 saturated carbocycles. The number of rotatable bonds is 3. The van der Waals surface area contributed by atoms with Gasteiger partial charge in [0.25, 0.3) is 11.8 Å². The average molecular weight is 340 g/mol. The van der Waals surface area contributed by atoms with Crippen molar-refractivity contribution in [3.05, 3.63) is 63.4 Å². The van der Waals surface area contributed by atoms with E-state index in [0.29, 0.717) is 4.88 Å². The topological polar surface area (TPSA) is 58.2 Å². The van der Waals surface area contributed by atoms with E-state index in [1.54, 1.807) is 6.08 Å². The molecule has 0 saturated heterocycles. The Hall–Kier alpha value is -2.40. The number of aryl methyl sites for hydroxylation is 2. The van der Waals surface area contributed by atoms with E-state index >= 15 is 0 Å². The largest absolute Gasteiger partial charge is 0.279 e. The Morgan fingerprint density at radius 3 is 2.62 bits per heavy atom. The Kier molecular flexibility index (Phi) is 5.43. The highest BCUT2D eigenvalue weighted by molar-refractivity contribution is 7.14. The predicted molar refractivity (Wildman–Crippen MR) is 96.7 cm³/mol. The Balaban J connectivity index is 1.54. The number of hydrogen-bond acceptors (Lipinski definition) is 3. The lowest BCUT2D eigenvalue weighted by molar-refractivity contribution is -0.117. The van der Waals surface area contributed by atoms with Crippen LogP contribution in [0.5, 0.6) is 0 Å². The standard InChI is InChI=1S/C19H20N2O2S/c22-18(12-11-14-7-3-1-4-8-14)20-21-19(23)17-13-15-9-5-2-6-10-16(15)24-17/h1,3-4,7-8,11-13H,2,5-6,9-10H2,(H,20,22)(H,21,23)/b12-11+. The number of hydrogen-bond donors (Lipinski definition) is 2. The van der Waals surface area contributed by atoms with Gasteiger partial charge in [0.1, 0.15) is 0 Å². The second kappa shape index (κ2) is 7.93. The van der Waals surface area contributed by atoms with Crippen LogP contribution in [0.4, 0.5) is 0 Å². The molecule has 0 bridgehead atoms. The molecule has 1 aromatic heterocycles. The molecule has 0 fully saturated rings. The lowest BCUT2D eigenvalue weighted by Crippen LogP contribution is -2.40. The fraction of sp³-hybridized carbons (Fsp3) is 0.263. The Bertz CT molecular complexity index is 726. The normalized spacial score (nSPS) is 14.0. The van der Waals surface area contributed by atoms with Crippen molar-refractivity contribution < 1.29 is 9.59 Å². The molecule has 2 amide bonds. The van der Waals surface area contributed by atoms with E-state index in [1.807, 2.05) is 36.4 Å². The van der Waals surface area contributed by atoms with Crippen molar-refractivity contribution in [3.8, 4) is 0 Å². The molecule has 0 radical (unpaired) electrons. The quantitative estimate of drug-likeness (QED) is 0.510. The number of thiophene rings is 1.